The number of nitrogens with two attached hydrogens (primary N) is 1. The number of primary amides is 1. The molecular formula is C10H14N2O2S. The minimum atomic E-state index is -0.527. The van der Waals surface area contributed by atoms with Gasteiger partial charge in [-0.15, -0.1) is 11.3 Å². The molecule has 82 valence electrons. The van der Waals surface area contributed by atoms with Gasteiger partial charge in [-0.3, -0.25) is 9.59 Å². The summed E-state index contributed by atoms with van der Waals surface area (Å²) < 4.78 is 0. The number of thiophene rings is 1. The van der Waals surface area contributed by atoms with Crippen LogP contribution in [0.25, 0.3) is 0 Å². The Morgan fingerprint density at radius 3 is 2.47 bits per heavy atom. The molecule has 5 heteroatoms. The van der Waals surface area contributed by atoms with Crippen LogP contribution in [0.4, 0.5) is 5.00 Å². The topological polar surface area (TPSA) is 72.2 Å². The quantitative estimate of drug-likeness (QED) is 0.807. The minimum absolute atomic E-state index is 0.132. The highest BCUT2D eigenvalue weighted by molar-refractivity contribution is 7.14. The number of rotatable bonds is 2. The number of nitrogens with one attached hydrogen (secondary N) is 1. The highest BCUT2D eigenvalue weighted by atomic mass is 32.1. The second-order valence-corrected chi connectivity index (χ2v) is 5.15. The van der Waals surface area contributed by atoms with E-state index in [9.17, 15) is 9.59 Å². The fourth-order valence-corrected chi connectivity index (χ4v) is 1.68. The second-order valence-electron chi connectivity index (χ2n) is 4.23. The van der Waals surface area contributed by atoms with Gasteiger partial charge in [-0.05, 0) is 11.4 Å². The molecule has 2 amide bonds. The minimum Gasteiger partial charge on any atom is -0.366 e. The first-order valence-corrected chi connectivity index (χ1v) is 5.39. The smallest absolute Gasteiger partial charge is 0.251 e. The van der Waals surface area contributed by atoms with Crippen LogP contribution in [0.1, 0.15) is 31.1 Å². The molecule has 4 nitrogen and oxygen atoms in total. The van der Waals surface area contributed by atoms with Gasteiger partial charge in [0.1, 0.15) is 5.00 Å². The average molecular weight is 226 g/mol. The van der Waals surface area contributed by atoms with Gasteiger partial charge in [-0.25, -0.2) is 0 Å². The van der Waals surface area contributed by atoms with E-state index in [4.69, 9.17) is 5.73 Å². The van der Waals surface area contributed by atoms with Crippen molar-refractivity contribution in [3.8, 4) is 0 Å². The SMILES string of the molecule is CC(C)(C)C(=O)Nc1sccc1C(N)=O. The lowest BCUT2D eigenvalue weighted by Crippen LogP contribution is -2.28. The molecule has 0 aliphatic carbocycles. The molecule has 1 heterocycles. The van der Waals surface area contributed by atoms with E-state index in [0.29, 0.717) is 10.6 Å². The summed E-state index contributed by atoms with van der Waals surface area (Å²) in [5, 5.41) is 4.93. The highest BCUT2D eigenvalue weighted by Crippen LogP contribution is 2.25. The molecule has 0 radical (unpaired) electrons. The number of hydrogen-bond acceptors (Lipinski definition) is 3. The van der Waals surface area contributed by atoms with Gasteiger partial charge in [0.2, 0.25) is 5.91 Å². The predicted molar refractivity (Wildman–Crippen MR) is 60.9 cm³/mol. The number of carbonyl (C=O) groups excluding carboxylic acids is 2. The summed E-state index contributed by atoms with van der Waals surface area (Å²) in [6.07, 6.45) is 0. The summed E-state index contributed by atoms with van der Waals surface area (Å²) in [4.78, 5) is 22.6. The lowest BCUT2D eigenvalue weighted by atomic mass is 9.96. The number of amides is 2. The third-order valence-corrected chi connectivity index (χ3v) is 2.67. The molecular weight excluding hydrogens is 212 g/mol. The Kier molecular flexibility index (Phi) is 3.14. The zero-order chi connectivity index (χ0) is 11.6. The van der Waals surface area contributed by atoms with Gasteiger partial charge in [-0.1, -0.05) is 20.8 Å². The normalized spacial score (nSPS) is 11.1. The molecule has 0 saturated heterocycles. The third kappa shape index (κ3) is 2.79. The fourth-order valence-electron chi connectivity index (χ4n) is 0.891. The van der Waals surface area contributed by atoms with Gasteiger partial charge in [0.15, 0.2) is 0 Å². The van der Waals surface area contributed by atoms with Crippen LogP contribution in [0.2, 0.25) is 0 Å². The zero-order valence-corrected chi connectivity index (χ0v) is 9.77. The van der Waals surface area contributed by atoms with Crippen molar-refractivity contribution in [3.05, 3.63) is 17.0 Å². The average Bonchev–Trinajstić information content (AvgIpc) is 2.50. The van der Waals surface area contributed by atoms with Crippen LogP contribution in [0.15, 0.2) is 11.4 Å². The zero-order valence-electron chi connectivity index (χ0n) is 8.96. The molecule has 0 saturated carbocycles. The summed E-state index contributed by atoms with van der Waals surface area (Å²) in [5.74, 6) is -0.659. The maximum Gasteiger partial charge on any atom is 0.251 e. The van der Waals surface area contributed by atoms with Crippen molar-refractivity contribution in [3.63, 3.8) is 0 Å². The van der Waals surface area contributed by atoms with Crippen LogP contribution in [0.5, 0.6) is 0 Å². The third-order valence-electron chi connectivity index (χ3n) is 1.84. The largest absolute Gasteiger partial charge is 0.366 e. The van der Waals surface area contributed by atoms with E-state index >= 15 is 0 Å². The Hall–Kier alpha value is -1.36. The van der Waals surface area contributed by atoms with Crippen LogP contribution in [-0.4, -0.2) is 11.8 Å². The Morgan fingerprint density at radius 2 is 2.00 bits per heavy atom. The van der Waals surface area contributed by atoms with Crippen molar-refractivity contribution in [2.45, 2.75) is 20.8 Å². The van der Waals surface area contributed by atoms with Gasteiger partial charge >= 0.3 is 0 Å². The van der Waals surface area contributed by atoms with E-state index in [-0.39, 0.29) is 5.91 Å². The second kappa shape index (κ2) is 4.02. The van der Waals surface area contributed by atoms with Crippen LogP contribution in [-0.2, 0) is 4.79 Å². The van der Waals surface area contributed by atoms with Crippen molar-refractivity contribution >= 4 is 28.2 Å². The molecule has 0 aliphatic heterocycles. The fraction of sp³-hybridized carbons (Fsp3) is 0.400. The van der Waals surface area contributed by atoms with Gasteiger partial charge in [0.25, 0.3) is 5.91 Å². The number of carbonyl (C=O) groups is 2. The lowest BCUT2D eigenvalue weighted by Gasteiger charge is -2.17. The summed E-state index contributed by atoms with van der Waals surface area (Å²) in [7, 11) is 0. The molecule has 0 unspecified atom stereocenters. The van der Waals surface area contributed by atoms with E-state index in [1.807, 2.05) is 0 Å². The molecule has 3 N–H and O–H groups in total. The Labute approximate surface area is 92.5 Å². The van der Waals surface area contributed by atoms with Gasteiger partial charge in [0, 0.05) is 5.41 Å². The Morgan fingerprint density at radius 1 is 1.40 bits per heavy atom. The summed E-state index contributed by atoms with van der Waals surface area (Å²) in [6.45, 7) is 5.42. The summed E-state index contributed by atoms with van der Waals surface area (Å²) in [5.41, 5.74) is 5.03. The van der Waals surface area contributed by atoms with Gasteiger partial charge in [0.05, 0.1) is 5.56 Å². The lowest BCUT2D eigenvalue weighted by molar-refractivity contribution is -0.123. The van der Waals surface area contributed by atoms with Crippen LogP contribution in [0.3, 0.4) is 0 Å². The molecule has 15 heavy (non-hydrogen) atoms. The van der Waals surface area contributed by atoms with E-state index in [2.05, 4.69) is 5.32 Å². The molecule has 1 aromatic rings. The molecule has 0 aromatic carbocycles. The van der Waals surface area contributed by atoms with Crippen LogP contribution in [0, 0.1) is 5.41 Å². The first-order chi connectivity index (χ1) is 6.82. The molecule has 1 rings (SSSR count). The van der Waals surface area contributed by atoms with Gasteiger partial charge in [-0.2, -0.15) is 0 Å². The first kappa shape index (κ1) is 11.7. The van der Waals surface area contributed by atoms with Crippen molar-refractivity contribution in [1.82, 2.24) is 0 Å². The van der Waals surface area contributed by atoms with E-state index < -0.39 is 11.3 Å². The standard InChI is InChI=1S/C10H14N2O2S/c1-10(2,3)9(14)12-8-6(7(11)13)4-5-15-8/h4-5H,1-3H3,(H2,11,13)(H,12,14). The molecule has 1 aromatic heterocycles. The Bertz CT molecular complexity index is 390. The van der Waals surface area contributed by atoms with Crippen molar-refractivity contribution < 1.29 is 9.59 Å². The number of anilines is 1. The van der Waals surface area contributed by atoms with E-state index in [0.717, 1.165) is 0 Å². The van der Waals surface area contributed by atoms with Crippen molar-refractivity contribution in [2.24, 2.45) is 11.1 Å². The summed E-state index contributed by atoms with van der Waals surface area (Å²) in [6, 6.07) is 1.60. The maximum absolute atomic E-state index is 11.7. The van der Waals surface area contributed by atoms with Crippen LogP contribution >= 0.6 is 11.3 Å². The van der Waals surface area contributed by atoms with E-state index in [1.54, 1.807) is 32.2 Å². The van der Waals surface area contributed by atoms with E-state index in [1.165, 1.54) is 11.3 Å². The van der Waals surface area contributed by atoms with Crippen molar-refractivity contribution in [2.75, 3.05) is 5.32 Å². The monoisotopic (exact) mass is 226 g/mol. The van der Waals surface area contributed by atoms with Crippen LogP contribution < -0.4 is 11.1 Å². The van der Waals surface area contributed by atoms with Crippen molar-refractivity contribution in [1.29, 1.82) is 0 Å². The molecule has 0 aliphatic rings. The molecule has 0 fully saturated rings. The first-order valence-electron chi connectivity index (χ1n) is 4.51. The van der Waals surface area contributed by atoms with Gasteiger partial charge < -0.3 is 11.1 Å². The number of hydrogen-bond donors (Lipinski definition) is 2. The molecule has 0 spiro atoms. The summed E-state index contributed by atoms with van der Waals surface area (Å²) >= 11 is 1.29. The predicted octanol–water partition coefficient (Wildman–Crippen LogP) is 1.83. The molecule has 0 atom stereocenters. The Balaban J connectivity index is 2.86. The maximum atomic E-state index is 11.7. The molecule has 0 bridgehead atoms. The highest BCUT2D eigenvalue weighted by Gasteiger charge is 2.23.